The van der Waals surface area contributed by atoms with Gasteiger partial charge in [0.15, 0.2) is 0 Å². The molecule has 2 fully saturated rings. The van der Waals surface area contributed by atoms with Crippen molar-refractivity contribution in [3.05, 3.63) is 0 Å². The molecule has 1 amide bonds. The molecule has 4 atom stereocenters. The first kappa shape index (κ1) is 12.9. The number of nitrogens with two attached hydrogens (primary N) is 1. The van der Waals surface area contributed by atoms with Crippen LogP contribution in [0.4, 0.5) is 0 Å². The molecule has 0 radical (unpaired) electrons. The van der Waals surface area contributed by atoms with Gasteiger partial charge in [-0.05, 0) is 52.9 Å². The Labute approximate surface area is 105 Å². The van der Waals surface area contributed by atoms with E-state index in [0.29, 0.717) is 18.0 Å². The molecule has 2 rings (SSSR count). The molecule has 2 N–H and O–H groups in total. The van der Waals surface area contributed by atoms with Crippen LogP contribution in [-0.4, -0.2) is 28.9 Å². The van der Waals surface area contributed by atoms with E-state index in [1.54, 1.807) is 0 Å². The lowest BCUT2D eigenvalue weighted by Crippen LogP contribution is -2.56. The van der Waals surface area contributed by atoms with E-state index in [2.05, 4.69) is 25.7 Å². The van der Waals surface area contributed by atoms with Gasteiger partial charge in [-0.15, -0.1) is 0 Å². The first-order valence-electron chi connectivity index (χ1n) is 7.05. The minimum atomic E-state index is -0.306. The van der Waals surface area contributed by atoms with Crippen molar-refractivity contribution < 1.29 is 4.79 Å². The lowest BCUT2D eigenvalue weighted by Gasteiger charge is -2.44. The molecule has 1 saturated carbocycles. The normalized spacial score (nSPS) is 42.8. The summed E-state index contributed by atoms with van der Waals surface area (Å²) in [6.07, 6.45) is 6.58. The van der Waals surface area contributed by atoms with Gasteiger partial charge in [-0.3, -0.25) is 4.79 Å². The summed E-state index contributed by atoms with van der Waals surface area (Å²) in [5.41, 5.74) is 5.86. The highest BCUT2D eigenvalue weighted by molar-refractivity contribution is 5.84. The first-order chi connectivity index (χ1) is 7.97. The van der Waals surface area contributed by atoms with Crippen molar-refractivity contribution in [3.63, 3.8) is 0 Å². The van der Waals surface area contributed by atoms with Crippen LogP contribution in [0.2, 0.25) is 0 Å². The van der Waals surface area contributed by atoms with Crippen molar-refractivity contribution in [1.82, 2.24) is 4.90 Å². The van der Waals surface area contributed by atoms with E-state index < -0.39 is 0 Å². The number of carbonyl (C=O) groups is 1. The van der Waals surface area contributed by atoms with Gasteiger partial charge in [-0.25, -0.2) is 0 Å². The van der Waals surface area contributed by atoms with Crippen molar-refractivity contribution in [3.8, 4) is 0 Å². The topological polar surface area (TPSA) is 46.3 Å². The zero-order valence-corrected chi connectivity index (χ0v) is 11.4. The second-order valence-corrected chi connectivity index (χ2v) is 6.26. The maximum atomic E-state index is 12.8. The number of amides is 1. The van der Waals surface area contributed by atoms with Crippen LogP contribution in [0.15, 0.2) is 0 Å². The molecule has 3 nitrogen and oxygen atoms in total. The molecule has 0 aromatic rings. The summed E-state index contributed by atoms with van der Waals surface area (Å²) in [6.45, 7) is 6.43. The number of rotatable bonds is 1. The minimum Gasteiger partial charge on any atom is -0.337 e. The molecule has 3 heteroatoms. The van der Waals surface area contributed by atoms with Gasteiger partial charge in [0.1, 0.15) is 0 Å². The Hall–Kier alpha value is -0.570. The van der Waals surface area contributed by atoms with Crippen molar-refractivity contribution >= 4 is 5.91 Å². The highest BCUT2D eigenvalue weighted by Gasteiger charge is 2.47. The number of carbonyl (C=O) groups excluding carboxylic acids is 1. The molecule has 98 valence electrons. The van der Waals surface area contributed by atoms with E-state index in [4.69, 9.17) is 5.73 Å². The highest BCUT2D eigenvalue weighted by atomic mass is 16.2. The Morgan fingerprint density at radius 1 is 1.18 bits per heavy atom. The average Bonchev–Trinajstić information content (AvgIpc) is 2.60. The van der Waals surface area contributed by atoms with E-state index in [0.717, 1.165) is 32.1 Å². The van der Waals surface area contributed by atoms with E-state index in [-0.39, 0.29) is 11.5 Å². The van der Waals surface area contributed by atoms with Gasteiger partial charge in [0.05, 0.1) is 5.41 Å². The van der Waals surface area contributed by atoms with E-state index in [1.165, 1.54) is 6.42 Å². The third kappa shape index (κ3) is 2.10. The molecule has 1 saturated heterocycles. The monoisotopic (exact) mass is 238 g/mol. The molecule has 2 unspecified atom stereocenters. The van der Waals surface area contributed by atoms with Gasteiger partial charge in [0, 0.05) is 18.1 Å². The van der Waals surface area contributed by atoms with E-state index >= 15 is 0 Å². The molecule has 0 bridgehead atoms. The Kier molecular flexibility index (Phi) is 3.48. The largest absolute Gasteiger partial charge is 0.337 e. The molecule has 1 heterocycles. The molecular weight excluding hydrogens is 212 g/mol. The Balaban J connectivity index is 2.18. The Morgan fingerprint density at radius 3 is 2.24 bits per heavy atom. The van der Waals surface area contributed by atoms with Crippen molar-refractivity contribution in [2.24, 2.45) is 11.1 Å². The standard InChI is InChI=1S/C14H26N2O/c1-10-6-4-7-11(2)16(10)13(17)14(3)9-5-8-12(14)15/h10-12H,4-9,15H2,1-3H3/t10-,11+,12?,14?. The zero-order valence-electron chi connectivity index (χ0n) is 11.4. The Bertz CT molecular complexity index is 295. The highest BCUT2D eigenvalue weighted by Crippen LogP contribution is 2.40. The third-order valence-corrected chi connectivity index (χ3v) is 4.95. The number of hydrogen-bond acceptors (Lipinski definition) is 2. The van der Waals surface area contributed by atoms with Gasteiger partial charge < -0.3 is 10.6 Å². The molecule has 0 spiro atoms. The van der Waals surface area contributed by atoms with E-state index in [1.807, 2.05) is 0 Å². The summed E-state index contributed by atoms with van der Waals surface area (Å²) in [7, 11) is 0. The SMILES string of the molecule is C[C@@H]1CCC[C@H](C)N1C(=O)C1(C)CCCC1N. The lowest BCUT2D eigenvalue weighted by molar-refractivity contribution is -0.148. The smallest absolute Gasteiger partial charge is 0.230 e. The average molecular weight is 238 g/mol. The van der Waals surface area contributed by atoms with Crippen LogP contribution in [-0.2, 0) is 4.79 Å². The molecule has 2 aliphatic rings. The number of hydrogen-bond donors (Lipinski definition) is 1. The van der Waals surface area contributed by atoms with Gasteiger partial charge in [0.25, 0.3) is 0 Å². The summed E-state index contributed by atoms with van der Waals surface area (Å²) in [4.78, 5) is 14.9. The van der Waals surface area contributed by atoms with Crippen LogP contribution >= 0.6 is 0 Å². The fourth-order valence-electron chi connectivity index (χ4n) is 3.58. The summed E-state index contributed by atoms with van der Waals surface area (Å²) >= 11 is 0. The molecular formula is C14H26N2O. The zero-order chi connectivity index (χ0) is 12.6. The van der Waals surface area contributed by atoms with Gasteiger partial charge in [-0.2, -0.15) is 0 Å². The summed E-state index contributed by atoms with van der Waals surface area (Å²) in [5, 5.41) is 0. The number of likely N-dealkylation sites (tertiary alicyclic amines) is 1. The molecule has 0 aromatic heterocycles. The Morgan fingerprint density at radius 2 is 1.76 bits per heavy atom. The predicted octanol–water partition coefficient (Wildman–Crippen LogP) is 2.29. The molecule has 0 aromatic carbocycles. The molecule has 17 heavy (non-hydrogen) atoms. The quantitative estimate of drug-likeness (QED) is 0.762. The number of nitrogens with zero attached hydrogens (tertiary/aromatic N) is 1. The van der Waals surface area contributed by atoms with Gasteiger partial charge >= 0.3 is 0 Å². The summed E-state index contributed by atoms with van der Waals surface area (Å²) in [5.74, 6) is 0.308. The summed E-state index contributed by atoms with van der Waals surface area (Å²) in [6, 6.07) is 0.822. The van der Waals surface area contributed by atoms with Crippen molar-refractivity contribution in [1.29, 1.82) is 0 Å². The van der Waals surface area contributed by atoms with Crippen LogP contribution in [0.25, 0.3) is 0 Å². The second-order valence-electron chi connectivity index (χ2n) is 6.26. The number of piperidine rings is 1. The fourth-order valence-corrected chi connectivity index (χ4v) is 3.58. The minimum absolute atomic E-state index is 0.0522. The van der Waals surface area contributed by atoms with Crippen LogP contribution in [0.1, 0.15) is 59.3 Å². The van der Waals surface area contributed by atoms with Gasteiger partial charge in [0.2, 0.25) is 5.91 Å². The van der Waals surface area contributed by atoms with Crippen LogP contribution in [0.3, 0.4) is 0 Å². The maximum Gasteiger partial charge on any atom is 0.230 e. The van der Waals surface area contributed by atoms with E-state index in [9.17, 15) is 4.79 Å². The van der Waals surface area contributed by atoms with Crippen LogP contribution in [0.5, 0.6) is 0 Å². The third-order valence-electron chi connectivity index (χ3n) is 4.95. The van der Waals surface area contributed by atoms with Crippen LogP contribution in [0, 0.1) is 5.41 Å². The lowest BCUT2D eigenvalue weighted by atomic mass is 9.81. The molecule has 1 aliphatic heterocycles. The maximum absolute atomic E-state index is 12.8. The first-order valence-corrected chi connectivity index (χ1v) is 7.05. The molecule has 1 aliphatic carbocycles. The summed E-state index contributed by atoms with van der Waals surface area (Å²) < 4.78 is 0. The second kappa shape index (κ2) is 4.60. The van der Waals surface area contributed by atoms with Gasteiger partial charge in [-0.1, -0.05) is 6.42 Å². The van der Waals surface area contributed by atoms with Crippen LogP contribution < -0.4 is 5.73 Å². The van der Waals surface area contributed by atoms with Crippen molar-refractivity contribution in [2.75, 3.05) is 0 Å². The van der Waals surface area contributed by atoms with Crippen molar-refractivity contribution in [2.45, 2.75) is 77.4 Å². The fraction of sp³-hybridized carbons (Fsp3) is 0.929. The predicted molar refractivity (Wildman–Crippen MR) is 69.6 cm³/mol.